The molecule has 4 aromatic rings. The van der Waals surface area contributed by atoms with Crippen LogP contribution < -0.4 is 16.0 Å². The minimum atomic E-state index is -3.79. The summed E-state index contributed by atoms with van der Waals surface area (Å²) in [7, 11) is -3.79. The van der Waals surface area contributed by atoms with Crippen LogP contribution in [0.15, 0.2) is 94.7 Å². The molecule has 5 aliphatic heterocycles. The minimum Gasteiger partial charge on any atom is -0.394 e. The van der Waals surface area contributed by atoms with Gasteiger partial charge in [0.2, 0.25) is 27.7 Å². The van der Waals surface area contributed by atoms with E-state index in [1.54, 1.807) is 33.1 Å². The third-order valence-electron chi connectivity index (χ3n) is 14.1. The van der Waals surface area contributed by atoms with Gasteiger partial charge in [0.15, 0.2) is 0 Å². The number of fused-ring (bicyclic) bond motifs is 4. The summed E-state index contributed by atoms with van der Waals surface area (Å²) in [6.45, 7) is 5.54. The summed E-state index contributed by atoms with van der Waals surface area (Å²) in [6, 6.07) is 25.3. The number of likely N-dealkylation sites (tertiary alicyclic amines) is 1. The lowest BCUT2D eigenvalue weighted by atomic mass is 9.82. The molecular weight excluding hydrogens is 861 g/mol. The van der Waals surface area contributed by atoms with E-state index in [0.29, 0.717) is 49.5 Å². The van der Waals surface area contributed by atoms with Gasteiger partial charge in [0.05, 0.1) is 23.6 Å². The first-order chi connectivity index (χ1) is 31.5. The Morgan fingerprint density at radius 1 is 0.892 bits per heavy atom. The number of amides is 4. The number of nitrogens with one attached hydrogen (secondary N) is 3. The standard InChI is InChI=1S/C50H58N6O7S2/c1-32-12-15-37(16-13-32)65(62,63)56-26-22-39-43(31-57)52-42-17-14-35(29-40(42)48(39)56)34-7-2-8-36(28-34)51-46(58)11-4-23-54-24-20-33(21-25-54)6-5-27-64-45-10-3-9-38-41(45)30-55(50(38)61)44-18-19-47(59)53-49(44)60/h2-3,7-10,12-17,28-29,33,39,43-44,48,52,57H,4-6,11,18-27,30-31H2,1H3,(H,51,58)(H,53,59,60)/t39-,43+,44?,48-/m1/s1. The van der Waals surface area contributed by atoms with Crippen LogP contribution in [0.25, 0.3) is 11.1 Å². The predicted molar refractivity (Wildman–Crippen MR) is 252 cm³/mol. The second kappa shape index (κ2) is 19.4. The Morgan fingerprint density at radius 2 is 1.68 bits per heavy atom. The number of sulfonamides is 1. The molecule has 4 N–H and O–H groups in total. The van der Waals surface area contributed by atoms with Crippen LogP contribution in [0.5, 0.6) is 0 Å². The van der Waals surface area contributed by atoms with E-state index in [1.807, 2.05) is 67.6 Å². The highest BCUT2D eigenvalue weighted by Gasteiger charge is 2.48. The van der Waals surface area contributed by atoms with E-state index in [0.717, 1.165) is 95.9 Å². The number of thioether (sulfide) groups is 1. The van der Waals surface area contributed by atoms with Crippen molar-refractivity contribution in [3.8, 4) is 11.1 Å². The molecule has 0 spiro atoms. The number of hydrogen-bond acceptors (Lipinski definition) is 10. The Labute approximate surface area is 385 Å². The molecule has 4 amide bonds. The van der Waals surface area contributed by atoms with Crippen molar-refractivity contribution < 1.29 is 32.7 Å². The number of anilines is 2. The van der Waals surface area contributed by atoms with Crippen LogP contribution in [0.1, 0.15) is 90.9 Å². The summed E-state index contributed by atoms with van der Waals surface area (Å²) in [5.74, 6) is 0.705. The first kappa shape index (κ1) is 45.1. The number of aliphatic hydroxyl groups excluding tert-OH is 1. The number of aliphatic hydroxyl groups is 1. The van der Waals surface area contributed by atoms with Gasteiger partial charge >= 0.3 is 0 Å². The number of carbonyl (C=O) groups is 4. The Kier molecular flexibility index (Phi) is 13.5. The van der Waals surface area contributed by atoms with Crippen molar-refractivity contribution in [3.05, 3.63) is 107 Å². The van der Waals surface area contributed by atoms with Crippen molar-refractivity contribution in [1.29, 1.82) is 0 Å². The van der Waals surface area contributed by atoms with Crippen LogP contribution in [0.3, 0.4) is 0 Å². The summed E-state index contributed by atoms with van der Waals surface area (Å²) >= 11 is 1.78. The molecule has 13 nitrogen and oxygen atoms in total. The molecule has 5 heterocycles. The fourth-order valence-electron chi connectivity index (χ4n) is 10.5. The number of rotatable bonds is 15. The van der Waals surface area contributed by atoms with Crippen LogP contribution in [0.4, 0.5) is 11.4 Å². The zero-order chi connectivity index (χ0) is 45.2. The third-order valence-corrected chi connectivity index (χ3v) is 17.2. The Bertz CT molecular complexity index is 2560. The molecule has 3 fully saturated rings. The molecule has 1 unspecified atom stereocenters. The maximum atomic E-state index is 14.0. The van der Waals surface area contributed by atoms with E-state index in [1.165, 1.54) is 0 Å². The molecule has 0 aliphatic carbocycles. The fourth-order valence-corrected chi connectivity index (χ4v) is 13.2. The van der Waals surface area contributed by atoms with Crippen LogP contribution in [-0.2, 0) is 31.0 Å². The van der Waals surface area contributed by atoms with Gasteiger partial charge in [-0.3, -0.25) is 24.5 Å². The first-order valence-electron chi connectivity index (χ1n) is 23.1. The van der Waals surface area contributed by atoms with Crippen LogP contribution in [0, 0.1) is 18.8 Å². The highest BCUT2D eigenvalue weighted by molar-refractivity contribution is 7.99. The molecule has 9 rings (SSSR count). The van der Waals surface area contributed by atoms with Gasteiger partial charge in [-0.15, -0.1) is 11.8 Å². The van der Waals surface area contributed by atoms with E-state index in [-0.39, 0.29) is 53.5 Å². The lowest BCUT2D eigenvalue weighted by molar-refractivity contribution is -0.137. The van der Waals surface area contributed by atoms with E-state index < -0.39 is 22.1 Å². The number of imide groups is 1. The van der Waals surface area contributed by atoms with Gasteiger partial charge in [0, 0.05) is 53.7 Å². The zero-order valence-corrected chi connectivity index (χ0v) is 38.5. The van der Waals surface area contributed by atoms with Gasteiger partial charge in [0.25, 0.3) is 5.91 Å². The smallest absolute Gasteiger partial charge is 0.255 e. The third kappa shape index (κ3) is 9.62. The number of piperidine rings is 2. The molecule has 0 aromatic heterocycles. The first-order valence-corrected chi connectivity index (χ1v) is 25.5. The molecule has 15 heteroatoms. The molecule has 65 heavy (non-hydrogen) atoms. The lowest BCUT2D eigenvalue weighted by Crippen LogP contribution is -2.52. The zero-order valence-electron chi connectivity index (χ0n) is 36.8. The van der Waals surface area contributed by atoms with E-state index in [9.17, 15) is 32.7 Å². The highest BCUT2D eigenvalue weighted by Crippen LogP contribution is 2.49. The summed E-state index contributed by atoms with van der Waals surface area (Å²) in [5.41, 5.74) is 6.88. The largest absolute Gasteiger partial charge is 0.394 e. The monoisotopic (exact) mass is 918 g/mol. The molecule has 4 atom stereocenters. The van der Waals surface area contributed by atoms with E-state index >= 15 is 0 Å². The minimum absolute atomic E-state index is 0.0259. The maximum absolute atomic E-state index is 14.0. The van der Waals surface area contributed by atoms with Gasteiger partial charge in [-0.2, -0.15) is 4.31 Å². The number of nitrogens with zero attached hydrogens (tertiary/aromatic N) is 3. The van der Waals surface area contributed by atoms with Crippen molar-refractivity contribution in [2.75, 3.05) is 49.2 Å². The molecule has 0 bridgehead atoms. The SMILES string of the molecule is Cc1ccc(S(=O)(=O)N2CC[C@@H]3[C@H](CO)Nc4ccc(-c5cccc(NC(=O)CCCN6CCC(CCCSc7cccc8c7CN(C7CCC(=O)NC7=O)C8=O)CC6)c5)cc4[C@@H]32)cc1. The van der Waals surface area contributed by atoms with Crippen LogP contribution >= 0.6 is 11.8 Å². The number of aryl methyl sites for hydroxylation is 1. The molecule has 5 aliphatic rings. The average molecular weight is 919 g/mol. The second-order valence-corrected chi connectivity index (χ2v) is 21.3. The van der Waals surface area contributed by atoms with Crippen molar-refractivity contribution >= 4 is 56.8 Å². The topological polar surface area (TPSA) is 168 Å². The number of carbonyl (C=O) groups excluding carboxylic acids is 4. The van der Waals surface area contributed by atoms with E-state index in [4.69, 9.17) is 0 Å². The van der Waals surface area contributed by atoms with Gasteiger partial charge < -0.3 is 25.5 Å². The van der Waals surface area contributed by atoms with Crippen molar-refractivity contribution in [2.45, 2.75) is 99.2 Å². The van der Waals surface area contributed by atoms with Crippen molar-refractivity contribution in [2.24, 2.45) is 11.8 Å². The van der Waals surface area contributed by atoms with Gasteiger partial charge in [-0.05, 0) is 154 Å². The molecule has 0 saturated carbocycles. The molecule has 0 radical (unpaired) electrons. The van der Waals surface area contributed by atoms with Gasteiger partial charge in [-0.25, -0.2) is 8.42 Å². The molecular formula is C50H58N6O7S2. The number of benzene rings is 4. The Hall–Kier alpha value is -5.06. The average Bonchev–Trinajstić information content (AvgIpc) is 3.91. The molecule has 3 saturated heterocycles. The fraction of sp³-hybridized carbons (Fsp3) is 0.440. The summed E-state index contributed by atoms with van der Waals surface area (Å²) in [4.78, 5) is 56.0. The van der Waals surface area contributed by atoms with Crippen molar-refractivity contribution in [3.63, 3.8) is 0 Å². The quantitative estimate of drug-likeness (QED) is 0.0556. The van der Waals surface area contributed by atoms with Gasteiger partial charge in [-0.1, -0.05) is 42.0 Å². The Morgan fingerprint density at radius 3 is 2.46 bits per heavy atom. The summed E-state index contributed by atoms with van der Waals surface area (Å²) in [6.07, 6.45) is 6.96. The second-order valence-electron chi connectivity index (χ2n) is 18.3. The highest BCUT2D eigenvalue weighted by atomic mass is 32.2. The summed E-state index contributed by atoms with van der Waals surface area (Å²) in [5, 5.41) is 19.3. The normalized spacial score (nSPS) is 22.6. The van der Waals surface area contributed by atoms with Gasteiger partial charge in [0.1, 0.15) is 6.04 Å². The summed E-state index contributed by atoms with van der Waals surface area (Å²) < 4.78 is 29.7. The number of hydrogen-bond donors (Lipinski definition) is 4. The maximum Gasteiger partial charge on any atom is 0.255 e. The predicted octanol–water partition coefficient (Wildman–Crippen LogP) is 6.96. The molecule has 342 valence electrons. The van der Waals surface area contributed by atoms with Crippen LogP contribution in [0.2, 0.25) is 0 Å². The lowest BCUT2D eigenvalue weighted by Gasteiger charge is -2.39. The van der Waals surface area contributed by atoms with E-state index in [2.05, 4.69) is 33.0 Å². The van der Waals surface area contributed by atoms with Crippen LogP contribution in [-0.4, -0.2) is 102 Å². The Balaban J connectivity index is 0.727. The molecule has 4 aromatic carbocycles. The van der Waals surface area contributed by atoms with Crippen molar-refractivity contribution in [1.82, 2.24) is 19.4 Å².